The Morgan fingerprint density at radius 1 is 1.20 bits per heavy atom. The molecule has 1 fully saturated rings. The summed E-state index contributed by atoms with van der Waals surface area (Å²) in [6.45, 7) is 0.573. The third-order valence-electron chi connectivity index (χ3n) is 4.52. The molecular weight excluding hydrogens is 320 g/mol. The molecule has 25 heavy (non-hydrogen) atoms. The van der Waals surface area contributed by atoms with Crippen LogP contribution in [0.25, 0.3) is 0 Å². The second-order valence-electron chi connectivity index (χ2n) is 6.10. The topological polar surface area (TPSA) is 91.4 Å². The van der Waals surface area contributed by atoms with Gasteiger partial charge in [0, 0.05) is 30.2 Å². The quantitative estimate of drug-likeness (QED) is 0.876. The van der Waals surface area contributed by atoms with E-state index in [-0.39, 0.29) is 17.7 Å². The van der Waals surface area contributed by atoms with E-state index in [0.717, 1.165) is 6.42 Å². The molecule has 1 atom stereocenters. The van der Waals surface area contributed by atoms with E-state index in [0.29, 0.717) is 35.5 Å². The van der Waals surface area contributed by atoms with Gasteiger partial charge >= 0.3 is 0 Å². The summed E-state index contributed by atoms with van der Waals surface area (Å²) < 4.78 is 0. The number of carbonyl (C=O) groups excluding carboxylic acids is 3. The Balaban J connectivity index is 1.64. The van der Waals surface area contributed by atoms with Crippen LogP contribution in [0.4, 0.5) is 11.4 Å². The Morgan fingerprint density at radius 2 is 2.00 bits per heavy atom. The summed E-state index contributed by atoms with van der Waals surface area (Å²) >= 11 is 0. The fraction of sp³-hybridized carbons (Fsp3) is 0.222. The molecule has 2 N–H and O–H groups in total. The molecule has 126 valence electrons. The van der Waals surface area contributed by atoms with E-state index in [1.165, 1.54) is 0 Å². The molecule has 2 aliphatic heterocycles. The van der Waals surface area contributed by atoms with Gasteiger partial charge in [-0.25, -0.2) is 0 Å². The number of hydrogen-bond acceptors (Lipinski definition) is 4. The predicted octanol–water partition coefficient (Wildman–Crippen LogP) is 1.89. The van der Waals surface area contributed by atoms with Gasteiger partial charge in [0.15, 0.2) is 0 Å². The maximum absolute atomic E-state index is 12.8. The summed E-state index contributed by atoms with van der Waals surface area (Å²) in [5.74, 6) is -0.625. The highest BCUT2D eigenvalue weighted by atomic mass is 16.2. The van der Waals surface area contributed by atoms with Gasteiger partial charge in [0.05, 0.1) is 11.3 Å². The SMILES string of the molecule is O=C(Nc1ccc2c(c1)C(=O)N1CCC[C@@H]1C(=O)N2)c1ccncc1. The number of nitrogens with zero attached hydrogens (tertiary/aromatic N) is 2. The van der Waals surface area contributed by atoms with Crippen LogP contribution in [0.15, 0.2) is 42.7 Å². The van der Waals surface area contributed by atoms with Crippen molar-refractivity contribution in [1.29, 1.82) is 0 Å². The van der Waals surface area contributed by atoms with Crippen molar-refractivity contribution in [2.24, 2.45) is 0 Å². The molecule has 3 heterocycles. The Kier molecular flexibility index (Phi) is 3.68. The fourth-order valence-corrected chi connectivity index (χ4v) is 3.27. The third-order valence-corrected chi connectivity index (χ3v) is 4.52. The molecule has 0 aliphatic carbocycles. The van der Waals surface area contributed by atoms with Crippen LogP contribution in [0.5, 0.6) is 0 Å². The highest BCUT2D eigenvalue weighted by molar-refractivity contribution is 6.11. The summed E-state index contributed by atoms with van der Waals surface area (Å²) in [4.78, 5) is 42.8. The first-order valence-corrected chi connectivity index (χ1v) is 8.11. The third kappa shape index (κ3) is 2.73. The summed E-state index contributed by atoms with van der Waals surface area (Å²) in [6, 6.07) is 7.74. The van der Waals surface area contributed by atoms with E-state index >= 15 is 0 Å². The van der Waals surface area contributed by atoms with Crippen LogP contribution >= 0.6 is 0 Å². The molecule has 7 heteroatoms. The van der Waals surface area contributed by atoms with E-state index in [1.807, 2.05) is 0 Å². The van der Waals surface area contributed by atoms with Gasteiger partial charge in [-0.2, -0.15) is 0 Å². The lowest BCUT2D eigenvalue weighted by Crippen LogP contribution is -2.40. The fourth-order valence-electron chi connectivity index (χ4n) is 3.27. The zero-order valence-corrected chi connectivity index (χ0v) is 13.4. The highest BCUT2D eigenvalue weighted by Gasteiger charge is 2.38. The number of benzene rings is 1. The summed E-state index contributed by atoms with van der Waals surface area (Å²) in [7, 11) is 0. The number of rotatable bonds is 2. The van der Waals surface area contributed by atoms with E-state index in [1.54, 1.807) is 47.6 Å². The van der Waals surface area contributed by atoms with Crippen LogP contribution in [-0.2, 0) is 4.79 Å². The number of amides is 3. The normalized spacial score (nSPS) is 18.9. The van der Waals surface area contributed by atoms with Crippen molar-refractivity contribution in [2.45, 2.75) is 18.9 Å². The smallest absolute Gasteiger partial charge is 0.256 e. The average molecular weight is 336 g/mol. The van der Waals surface area contributed by atoms with Crippen LogP contribution in [0.1, 0.15) is 33.6 Å². The van der Waals surface area contributed by atoms with Gasteiger partial charge in [-0.05, 0) is 43.2 Å². The number of carbonyl (C=O) groups is 3. The molecule has 3 amide bonds. The average Bonchev–Trinajstić information content (AvgIpc) is 3.09. The van der Waals surface area contributed by atoms with Crippen LogP contribution in [0.3, 0.4) is 0 Å². The zero-order chi connectivity index (χ0) is 17.4. The monoisotopic (exact) mass is 336 g/mol. The number of hydrogen-bond donors (Lipinski definition) is 2. The minimum Gasteiger partial charge on any atom is -0.327 e. The molecule has 1 aromatic carbocycles. The second-order valence-corrected chi connectivity index (χ2v) is 6.10. The van der Waals surface area contributed by atoms with Crippen LogP contribution in [0.2, 0.25) is 0 Å². The predicted molar refractivity (Wildman–Crippen MR) is 91.3 cm³/mol. The van der Waals surface area contributed by atoms with Gasteiger partial charge in [-0.3, -0.25) is 19.4 Å². The van der Waals surface area contributed by atoms with Gasteiger partial charge in [0.1, 0.15) is 6.04 Å². The minimum atomic E-state index is -0.408. The van der Waals surface area contributed by atoms with Crippen molar-refractivity contribution in [3.63, 3.8) is 0 Å². The molecule has 2 aromatic rings. The number of pyridine rings is 1. The Labute approximate surface area is 144 Å². The van der Waals surface area contributed by atoms with Crippen LogP contribution in [0, 0.1) is 0 Å². The number of nitrogens with one attached hydrogen (secondary N) is 2. The molecular formula is C18H16N4O3. The Bertz CT molecular complexity index is 866. The van der Waals surface area contributed by atoms with Crippen molar-refractivity contribution in [3.05, 3.63) is 53.9 Å². The molecule has 0 bridgehead atoms. The van der Waals surface area contributed by atoms with Crippen LogP contribution < -0.4 is 10.6 Å². The number of fused-ring (bicyclic) bond motifs is 2. The zero-order valence-electron chi connectivity index (χ0n) is 13.4. The molecule has 4 rings (SSSR count). The minimum absolute atomic E-state index is 0.154. The summed E-state index contributed by atoms with van der Waals surface area (Å²) in [5, 5.41) is 5.58. The molecule has 1 saturated heterocycles. The first kappa shape index (κ1) is 15.3. The van der Waals surface area contributed by atoms with Gasteiger partial charge in [0.25, 0.3) is 11.8 Å². The maximum Gasteiger partial charge on any atom is 0.256 e. The molecule has 1 aromatic heterocycles. The number of aromatic nitrogens is 1. The molecule has 0 saturated carbocycles. The van der Waals surface area contributed by atoms with E-state index in [9.17, 15) is 14.4 Å². The molecule has 0 unspecified atom stereocenters. The van der Waals surface area contributed by atoms with Gasteiger partial charge in [0.2, 0.25) is 5.91 Å². The number of anilines is 2. The summed E-state index contributed by atoms with van der Waals surface area (Å²) in [5.41, 5.74) is 1.85. The van der Waals surface area contributed by atoms with Crippen LogP contribution in [-0.4, -0.2) is 40.2 Å². The first-order chi connectivity index (χ1) is 12.1. The van der Waals surface area contributed by atoms with E-state index in [2.05, 4.69) is 15.6 Å². The lowest BCUT2D eigenvalue weighted by Gasteiger charge is -2.20. The molecule has 7 nitrogen and oxygen atoms in total. The second kappa shape index (κ2) is 6.01. The molecule has 2 aliphatic rings. The van der Waals surface area contributed by atoms with E-state index < -0.39 is 6.04 Å². The standard InChI is InChI=1S/C18H16N4O3/c23-16(11-5-7-19-8-6-11)20-12-3-4-14-13(10-12)18(25)22-9-1-2-15(22)17(24)21-14/h3-8,10,15H,1-2,9H2,(H,20,23)(H,21,24)/t15-/m1/s1. The van der Waals surface area contributed by atoms with Crippen molar-refractivity contribution >= 4 is 29.1 Å². The van der Waals surface area contributed by atoms with Crippen molar-refractivity contribution in [1.82, 2.24) is 9.88 Å². The van der Waals surface area contributed by atoms with Gasteiger partial charge in [-0.15, -0.1) is 0 Å². The van der Waals surface area contributed by atoms with Gasteiger partial charge in [-0.1, -0.05) is 0 Å². The Morgan fingerprint density at radius 3 is 2.80 bits per heavy atom. The van der Waals surface area contributed by atoms with Gasteiger partial charge < -0.3 is 15.5 Å². The highest BCUT2D eigenvalue weighted by Crippen LogP contribution is 2.30. The van der Waals surface area contributed by atoms with E-state index in [4.69, 9.17) is 0 Å². The lowest BCUT2D eigenvalue weighted by molar-refractivity contribution is -0.119. The molecule has 0 radical (unpaired) electrons. The van der Waals surface area contributed by atoms with Crippen molar-refractivity contribution < 1.29 is 14.4 Å². The lowest BCUT2D eigenvalue weighted by atomic mass is 10.1. The maximum atomic E-state index is 12.8. The van der Waals surface area contributed by atoms with Crippen molar-refractivity contribution in [3.8, 4) is 0 Å². The summed E-state index contributed by atoms with van der Waals surface area (Å²) in [6.07, 6.45) is 4.58. The first-order valence-electron chi connectivity index (χ1n) is 8.11. The van der Waals surface area contributed by atoms with Crippen molar-refractivity contribution in [2.75, 3.05) is 17.2 Å². The largest absolute Gasteiger partial charge is 0.327 e. The Hall–Kier alpha value is -3.22. The molecule has 0 spiro atoms.